The number of hydrogen-bond acceptors (Lipinski definition) is 1. The van der Waals surface area contributed by atoms with Gasteiger partial charge in [-0.1, -0.05) is 67.1 Å². The number of nitrogens with one attached hydrogen (secondary N) is 2. The van der Waals surface area contributed by atoms with Crippen LogP contribution in [-0.2, 0) is 5.41 Å². The Kier molecular flexibility index (Phi) is 4.65. The third-order valence-electron chi connectivity index (χ3n) is 4.93. The minimum atomic E-state index is -0.0939. The first-order valence-electron chi connectivity index (χ1n) is 8.34. The average Bonchev–Trinajstić information content (AvgIpc) is 2.55. The molecule has 1 saturated carbocycles. The van der Waals surface area contributed by atoms with E-state index in [2.05, 4.69) is 34.9 Å². The van der Waals surface area contributed by atoms with Crippen LogP contribution in [0.15, 0.2) is 60.7 Å². The zero-order valence-corrected chi connectivity index (χ0v) is 13.6. The Bertz CT molecular complexity index is 635. The summed E-state index contributed by atoms with van der Waals surface area (Å²) in [6, 6.07) is 20.5. The van der Waals surface area contributed by atoms with Crippen LogP contribution in [0.25, 0.3) is 0 Å². The first-order valence-corrected chi connectivity index (χ1v) is 8.34. The Morgan fingerprint density at radius 1 is 1.04 bits per heavy atom. The zero-order chi connectivity index (χ0) is 16.1. The van der Waals surface area contributed by atoms with Crippen molar-refractivity contribution >= 4 is 6.03 Å². The minimum absolute atomic E-state index is 0.00488. The number of benzene rings is 2. The predicted molar refractivity (Wildman–Crippen MR) is 93.4 cm³/mol. The summed E-state index contributed by atoms with van der Waals surface area (Å²) in [5, 5.41) is 6.09. The minimum Gasteiger partial charge on any atom is -0.337 e. The lowest BCUT2D eigenvalue weighted by molar-refractivity contribution is 0.213. The summed E-state index contributed by atoms with van der Waals surface area (Å²) in [7, 11) is 0. The molecule has 3 heteroatoms. The molecule has 0 spiro atoms. The molecule has 1 unspecified atom stereocenters. The highest BCUT2D eigenvalue weighted by molar-refractivity contribution is 5.74. The predicted octanol–water partition coefficient (Wildman–Crippen LogP) is 4.17. The molecule has 2 aromatic carbocycles. The van der Waals surface area contributed by atoms with Crippen molar-refractivity contribution in [1.29, 1.82) is 0 Å². The van der Waals surface area contributed by atoms with Gasteiger partial charge in [0.2, 0.25) is 0 Å². The standard InChI is InChI=1S/C20H24N2O/c1-16(17-9-4-2-5-10-17)22-19(23)21-15-20(13-8-14-20)18-11-6-3-7-12-18/h2-7,9-12,16H,8,13-15H2,1H3,(H2,21,22,23). The van der Waals surface area contributed by atoms with Crippen molar-refractivity contribution in [2.45, 2.75) is 37.6 Å². The van der Waals surface area contributed by atoms with Gasteiger partial charge >= 0.3 is 6.03 Å². The van der Waals surface area contributed by atoms with Crippen molar-refractivity contribution in [3.8, 4) is 0 Å². The first-order chi connectivity index (χ1) is 11.2. The smallest absolute Gasteiger partial charge is 0.315 e. The number of urea groups is 1. The molecule has 2 N–H and O–H groups in total. The molecule has 1 aliphatic carbocycles. The van der Waals surface area contributed by atoms with Crippen LogP contribution in [0.5, 0.6) is 0 Å². The van der Waals surface area contributed by atoms with E-state index in [1.807, 2.05) is 43.3 Å². The molecular weight excluding hydrogens is 284 g/mol. The SMILES string of the molecule is CC(NC(=O)NCC1(c2ccccc2)CCC1)c1ccccc1. The molecule has 120 valence electrons. The molecule has 0 bridgehead atoms. The quantitative estimate of drug-likeness (QED) is 0.855. The Hall–Kier alpha value is -2.29. The molecule has 3 rings (SSSR count). The van der Waals surface area contributed by atoms with Crippen LogP contribution >= 0.6 is 0 Å². The summed E-state index contributed by atoms with van der Waals surface area (Å²) in [5.74, 6) is 0. The van der Waals surface area contributed by atoms with Crippen molar-refractivity contribution in [3.63, 3.8) is 0 Å². The van der Waals surface area contributed by atoms with Crippen LogP contribution in [0.1, 0.15) is 43.4 Å². The number of amides is 2. The summed E-state index contributed by atoms with van der Waals surface area (Å²) in [5.41, 5.74) is 2.57. The third kappa shape index (κ3) is 3.55. The average molecular weight is 308 g/mol. The second-order valence-corrected chi connectivity index (χ2v) is 6.46. The summed E-state index contributed by atoms with van der Waals surface area (Å²) in [4.78, 5) is 12.2. The van der Waals surface area contributed by atoms with E-state index in [4.69, 9.17) is 0 Å². The molecule has 0 heterocycles. The van der Waals surface area contributed by atoms with Gasteiger partial charge in [-0.25, -0.2) is 4.79 Å². The lowest BCUT2D eigenvalue weighted by atomic mass is 9.64. The van der Waals surface area contributed by atoms with Gasteiger partial charge in [-0.3, -0.25) is 0 Å². The second kappa shape index (κ2) is 6.86. The largest absolute Gasteiger partial charge is 0.337 e. The van der Waals surface area contributed by atoms with E-state index in [0.29, 0.717) is 6.54 Å². The van der Waals surface area contributed by atoms with Gasteiger partial charge in [-0.2, -0.15) is 0 Å². The number of carbonyl (C=O) groups excluding carboxylic acids is 1. The fourth-order valence-electron chi connectivity index (χ4n) is 3.28. The Labute approximate surface area is 138 Å². The molecule has 0 aromatic heterocycles. The Morgan fingerprint density at radius 2 is 1.65 bits per heavy atom. The van der Waals surface area contributed by atoms with Crippen molar-refractivity contribution in [2.75, 3.05) is 6.54 Å². The van der Waals surface area contributed by atoms with Crippen LogP contribution in [0, 0.1) is 0 Å². The highest BCUT2D eigenvalue weighted by atomic mass is 16.2. The van der Waals surface area contributed by atoms with E-state index in [0.717, 1.165) is 18.4 Å². The highest BCUT2D eigenvalue weighted by Gasteiger charge is 2.38. The van der Waals surface area contributed by atoms with Crippen LogP contribution < -0.4 is 10.6 Å². The number of carbonyl (C=O) groups is 1. The summed E-state index contributed by atoms with van der Waals surface area (Å²) in [6.07, 6.45) is 3.52. The monoisotopic (exact) mass is 308 g/mol. The molecule has 3 nitrogen and oxygen atoms in total. The van der Waals surface area contributed by atoms with Crippen molar-refractivity contribution in [1.82, 2.24) is 10.6 Å². The van der Waals surface area contributed by atoms with Crippen LogP contribution in [0.4, 0.5) is 4.79 Å². The molecule has 23 heavy (non-hydrogen) atoms. The Balaban J connectivity index is 1.56. The van der Waals surface area contributed by atoms with E-state index >= 15 is 0 Å². The maximum atomic E-state index is 12.2. The molecule has 0 radical (unpaired) electrons. The zero-order valence-electron chi connectivity index (χ0n) is 13.6. The van der Waals surface area contributed by atoms with Crippen LogP contribution in [0.2, 0.25) is 0 Å². The molecule has 2 aromatic rings. The normalized spacial score (nSPS) is 16.9. The van der Waals surface area contributed by atoms with Gasteiger partial charge < -0.3 is 10.6 Å². The van der Waals surface area contributed by atoms with E-state index in [1.165, 1.54) is 12.0 Å². The second-order valence-electron chi connectivity index (χ2n) is 6.46. The van der Waals surface area contributed by atoms with Gasteiger partial charge in [0.15, 0.2) is 0 Å². The number of hydrogen-bond donors (Lipinski definition) is 2. The van der Waals surface area contributed by atoms with Gasteiger partial charge in [0, 0.05) is 12.0 Å². The topological polar surface area (TPSA) is 41.1 Å². The fourth-order valence-corrected chi connectivity index (χ4v) is 3.28. The first kappa shape index (κ1) is 15.6. The van der Waals surface area contributed by atoms with E-state index in [1.54, 1.807) is 0 Å². The van der Waals surface area contributed by atoms with Gasteiger partial charge in [0.25, 0.3) is 0 Å². The maximum Gasteiger partial charge on any atom is 0.315 e. The van der Waals surface area contributed by atoms with Crippen molar-refractivity contribution in [2.24, 2.45) is 0 Å². The summed E-state index contributed by atoms with van der Waals surface area (Å²) >= 11 is 0. The lowest BCUT2D eigenvalue weighted by Crippen LogP contribution is -2.48. The Morgan fingerprint density at radius 3 is 2.22 bits per heavy atom. The van der Waals surface area contributed by atoms with Crippen molar-refractivity contribution < 1.29 is 4.79 Å². The molecular formula is C20H24N2O. The molecule has 2 amide bonds. The summed E-state index contributed by atoms with van der Waals surface area (Å²) < 4.78 is 0. The molecule has 1 atom stereocenters. The van der Waals surface area contributed by atoms with Gasteiger partial charge in [-0.15, -0.1) is 0 Å². The number of rotatable bonds is 5. The molecule has 1 fully saturated rings. The lowest BCUT2D eigenvalue weighted by Gasteiger charge is -2.42. The van der Waals surface area contributed by atoms with E-state index < -0.39 is 0 Å². The molecule has 1 aliphatic rings. The van der Waals surface area contributed by atoms with E-state index in [9.17, 15) is 4.79 Å². The van der Waals surface area contributed by atoms with Gasteiger partial charge in [-0.05, 0) is 30.9 Å². The highest BCUT2D eigenvalue weighted by Crippen LogP contribution is 2.43. The third-order valence-corrected chi connectivity index (χ3v) is 4.93. The molecule has 0 aliphatic heterocycles. The van der Waals surface area contributed by atoms with Gasteiger partial charge in [0.05, 0.1) is 6.04 Å². The molecule has 0 saturated heterocycles. The summed E-state index contributed by atoms with van der Waals surface area (Å²) in [6.45, 7) is 2.70. The van der Waals surface area contributed by atoms with Crippen LogP contribution in [-0.4, -0.2) is 12.6 Å². The van der Waals surface area contributed by atoms with Crippen molar-refractivity contribution in [3.05, 3.63) is 71.8 Å². The fraction of sp³-hybridized carbons (Fsp3) is 0.350. The van der Waals surface area contributed by atoms with Crippen LogP contribution in [0.3, 0.4) is 0 Å². The maximum absolute atomic E-state index is 12.2. The van der Waals surface area contributed by atoms with Gasteiger partial charge in [0.1, 0.15) is 0 Å². The van der Waals surface area contributed by atoms with E-state index in [-0.39, 0.29) is 17.5 Å².